The van der Waals surface area contributed by atoms with Gasteiger partial charge in [0.2, 0.25) is 0 Å². The molecule has 5 heteroatoms. The van der Waals surface area contributed by atoms with Gasteiger partial charge in [-0.15, -0.1) is 0 Å². The summed E-state index contributed by atoms with van der Waals surface area (Å²) >= 11 is 0. The summed E-state index contributed by atoms with van der Waals surface area (Å²) < 4.78 is 0. The Hall–Kier alpha value is 3.15. The van der Waals surface area contributed by atoms with Gasteiger partial charge in [-0.2, -0.15) is 0 Å². The van der Waals surface area contributed by atoms with Gasteiger partial charge < -0.3 is 16.1 Å². The maximum absolute atomic E-state index is 8.52. The Kier molecular flexibility index (Phi) is 45.1. The van der Waals surface area contributed by atoms with E-state index in [1.165, 1.54) is 0 Å². The minimum Gasteiger partial charge on any atom is -0.870 e. The van der Waals surface area contributed by atoms with Crippen LogP contribution in [0.5, 0.6) is 0 Å². The molecule has 0 saturated carbocycles. The molecule has 0 aliphatic rings. The number of hydrogen-bond donors (Lipinski definition) is 1. The fourth-order valence-electron chi connectivity index (χ4n) is 0. The molecule has 48 valence electrons. The molecule has 0 bridgehead atoms. The molecule has 0 radical (unpaired) electrons. The molecule has 0 spiro atoms. The van der Waals surface area contributed by atoms with Crippen LogP contribution in [-0.2, 0) is 0 Å². The average molecular weight is 186 g/mol. The third-order valence-electron chi connectivity index (χ3n) is 0. The quantitative estimate of drug-likeness (QED) is 0.383. The molecule has 0 fully saturated rings. The van der Waals surface area contributed by atoms with Crippen LogP contribution in [0.2, 0.25) is 0 Å². The second-order valence-electron chi connectivity index (χ2n) is 2.17. The molecule has 0 amide bonds. The first kappa shape index (κ1) is 29.5. The Bertz CT molecular complexity index is 29.3. The van der Waals surface area contributed by atoms with E-state index < -0.39 is 5.60 Å². The van der Waals surface area contributed by atoms with Crippen LogP contribution in [0.25, 0.3) is 0 Å². The topological polar surface area (TPSA) is 80.2 Å². The summed E-state index contributed by atoms with van der Waals surface area (Å²) in [6.45, 7) is 5.23. The van der Waals surface area contributed by atoms with Gasteiger partial charge in [-0.25, -0.2) is 0 Å². The van der Waals surface area contributed by atoms with E-state index in [-0.39, 0.29) is 114 Å². The molecule has 0 aromatic rings. The van der Waals surface area contributed by atoms with Crippen LogP contribution < -0.4 is 103 Å². The minimum absolute atomic E-state index is 0. The molecule has 0 heterocycles. The van der Waals surface area contributed by atoms with Gasteiger partial charge >= 0.3 is 103 Å². The van der Waals surface area contributed by atoms with E-state index in [1.54, 1.807) is 20.8 Å². The fraction of sp³-hybridized carbons (Fsp3) is 1.00. The van der Waals surface area contributed by atoms with E-state index in [0.717, 1.165) is 0 Å². The van der Waals surface area contributed by atoms with Gasteiger partial charge in [0.15, 0.2) is 0 Å². The molecule has 0 saturated heterocycles. The zero-order valence-electron chi connectivity index (χ0n) is 6.84. The van der Waals surface area contributed by atoms with Crippen molar-refractivity contribution in [2.24, 2.45) is 0 Å². The molecule has 0 rings (SSSR count). The summed E-state index contributed by atoms with van der Waals surface area (Å²) in [6.07, 6.45) is 0. The van der Waals surface area contributed by atoms with Crippen LogP contribution in [0.1, 0.15) is 20.8 Å². The van der Waals surface area contributed by atoms with Crippen molar-refractivity contribution in [3.05, 3.63) is 0 Å². The maximum atomic E-state index is 8.52. The van der Waals surface area contributed by atoms with Gasteiger partial charge in [-0.05, 0) is 20.8 Å². The summed E-state index contributed by atoms with van der Waals surface area (Å²) in [5, 5.41) is 8.52. The SMILES string of the molecule is CC(C)(C)O.[K+].[K+].[OH-].[OH-]. The number of rotatable bonds is 0. The zero-order valence-corrected chi connectivity index (χ0v) is 13.1. The normalized spacial score (nSPS) is 6.67. The van der Waals surface area contributed by atoms with Crippen LogP contribution in [0.4, 0.5) is 0 Å². The standard InChI is InChI=1S/C4H10O.2K.2H2O/c1-4(2,3)5;;;;/h5H,1-3H3;;;2*1H2/q;2*+1;;/p-2. The molecule has 0 unspecified atom stereocenters. The fourth-order valence-corrected chi connectivity index (χ4v) is 0. The average Bonchev–Trinajstić information content (AvgIpc) is 0.722. The molecular formula is C4H12K2O3. The van der Waals surface area contributed by atoms with Gasteiger partial charge in [0.1, 0.15) is 0 Å². The van der Waals surface area contributed by atoms with Gasteiger partial charge in [0.25, 0.3) is 0 Å². The van der Waals surface area contributed by atoms with E-state index in [2.05, 4.69) is 0 Å². The first-order valence-electron chi connectivity index (χ1n) is 1.72. The molecule has 3 nitrogen and oxygen atoms in total. The first-order valence-corrected chi connectivity index (χ1v) is 1.72. The van der Waals surface area contributed by atoms with Crippen molar-refractivity contribution < 1.29 is 119 Å². The van der Waals surface area contributed by atoms with Crippen molar-refractivity contribution in [1.82, 2.24) is 0 Å². The molecule has 0 aromatic carbocycles. The monoisotopic (exact) mass is 186 g/mol. The van der Waals surface area contributed by atoms with E-state index in [4.69, 9.17) is 5.11 Å². The second-order valence-corrected chi connectivity index (χ2v) is 2.17. The molecule has 0 aromatic heterocycles. The molecule has 3 N–H and O–H groups in total. The van der Waals surface area contributed by atoms with Crippen molar-refractivity contribution in [1.29, 1.82) is 0 Å². The van der Waals surface area contributed by atoms with Crippen molar-refractivity contribution in [3.63, 3.8) is 0 Å². The Morgan fingerprint density at radius 2 is 0.889 bits per heavy atom. The van der Waals surface area contributed by atoms with E-state index >= 15 is 0 Å². The molecule has 9 heavy (non-hydrogen) atoms. The third-order valence-corrected chi connectivity index (χ3v) is 0. The van der Waals surface area contributed by atoms with Crippen LogP contribution >= 0.6 is 0 Å². The third kappa shape index (κ3) is 94.0. The Morgan fingerprint density at radius 1 is 0.889 bits per heavy atom. The predicted octanol–water partition coefficient (Wildman–Crippen LogP) is -5.57. The molecule has 0 aliphatic heterocycles. The van der Waals surface area contributed by atoms with Gasteiger partial charge in [-0.3, -0.25) is 0 Å². The Labute approximate surface area is 141 Å². The van der Waals surface area contributed by atoms with Crippen molar-refractivity contribution in [3.8, 4) is 0 Å². The molecular weight excluding hydrogens is 174 g/mol. The molecule has 0 aliphatic carbocycles. The summed E-state index contributed by atoms with van der Waals surface area (Å²) in [4.78, 5) is 0. The van der Waals surface area contributed by atoms with Crippen molar-refractivity contribution in [2.45, 2.75) is 26.4 Å². The van der Waals surface area contributed by atoms with E-state index in [0.29, 0.717) is 0 Å². The smallest absolute Gasteiger partial charge is 0.870 e. The zero-order chi connectivity index (χ0) is 4.50. The van der Waals surface area contributed by atoms with E-state index in [9.17, 15) is 0 Å². The van der Waals surface area contributed by atoms with Crippen LogP contribution in [0.3, 0.4) is 0 Å². The van der Waals surface area contributed by atoms with Crippen molar-refractivity contribution in [2.75, 3.05) is 0 Å². The number of hydrogen-bond acceptors (Lipinski definition) is 3. The van der Waals surface area contributed by atoms with Crippen LogP contribution in [0.15, 0.2) is 0 Å². The number of aliphatic hydroxyl groups is 1. The molecule has 0 atom stereocenters. The largest absolute Gasteiger partial charge is 1.00 e. The summed E-state index contributed by atoms with van der Waals surface area (Å²) in [6, 6.07) is 0. The Morgan fingerprint density at radius 3 is 0.889 bits per heavy atom. The van der Waals surface area contributed by atoms with Crippen molar-refractivity contribution >= 4 is 0 Å². The second kappa shape index (κ2) is 13.7. The van der Waals surface area contributed by atoms with E-state index in [1.807, 2.05) is 0 Å². The minimum atomic E-state index is -0.500. The maximum Gasteiger partial charge on any atom is 1.00 e. The van der Waals surface area contributed by atoms with Crippen LogP contribution in [0, 0.1) is 0 Å². The van der Waals surface area contributed by atoms with Crippen LogP contribution in [-0.4, -0.2) is 21.7 Å². The van der Waals surface area contributed by atoms with Gasteiger partial charge in [-0.1, -0.05) is 0 Å². The first-order chi connectivity index (χ1) is 2.00. The summed E-state index contributed by atoms with van der Waals surface area (Å²) in [7, 11) is 0. The summed E-state index contributed by atoms with van der Waals surface area (Å²) in [5.74, 6) is 0. The summed E-state index contributed by atoms with van der Waals surface area (Å²) in [5.41, 5.74) is -0.500. The predicted molar refractivity (Wildman–Crippen MR) is 25.8 cm³/mol. The van der Waals surface area contributed by atoms with Gasteiger partial charge in [0.05, 0.1) is 5.60 Å². The van der Waals surface area contributed by atoms with Gasteiger partial charge in [0, 0.05) is 0 Å². The Balaban J connectivity index is -0.0000000133.